The Hall–Kier alpha value is -1.89. The van der Waals surface area contributed by atoms with E-state index in [9.17, 15) is 0 Å². The van der Waals surface area contributed by atoms with Gasteiger partial charge in [0.1, 0.15) is 25.3 Å². The predicted molar refractivity (Wildman–Crippen MR) is 49.1 cm³/mol. The molecule has 0 aromatic carbocycles. The molecule has 0 saturated carbocycles. The van der Waals surface area contributed by atoms with Crippen molar-refractivity contribution in [2.45, 2.75) is 0 Å². The van der Waals surface area contributed by atoms with Crippen LogP contribution in [0.5, 0.6) is 0 Å². The van der Waals surface area contributed by atoms with Crippen molar-refractivity contribution in [1.82, 2.24) is 29.9 Å². The largest absolute Gasteiger partial charge is 0.368 e. The Morgan fingerprint density at radius 2 is 1.29 bits per heavy atom. The molecule has 2 aromatic rings. The summed E-state index contributed by atoms with van der Waals surface area (Å²) in [7, 11) is 0. The molecule has 2 heterocycles. The van der Waals surface area contributed by atoms with Crippen molar-refractivity contribution in [3.63, 3.8) is 0 Å². The summed E-state index contributed by atoms with van der Waals surface area (Å²) in [4.78, 5) is 21.2. The van der Waals surface area contributed by atoms with E-state index in [-0.39, 0.29) is 11.2 Å². The zero-order valence-electron chi connectivity index (χ0n) is 6.95. The Labute approximate surface area is 84.5 Å². The van der Waals surface area contributed by atoms with Crippen LogP contribution >= 0.6 is 11.6 Å². The molecule has 0 aliphatic rings. The van der Waals surface area contributed by atoms with Gasteiger partial charge in [0, 0.05) is 0 Å². The first-order chi connectivity index (χ1) is 6.79. The second-order valence-corrected chi connectivity index (χ2v) is 2.24. The fraction of sp³-hybridized carbons (Fsp3) is 0. The van der Waals surface area contributed by atoms with Gasteiger partial charge in [-0.2, -0.15) is 0 Å². The van der Waals surface area contributed by atoms with E-state index in [1.807, 2.05) is 0 Å². The molecule has 0 atom stereocenters. The molecular weight excluding hydrogens is 206 g/mol. The molecule has 72 valence electrons. The maximum absolute atomic E-state index is 5.28. The molecule has 2 N–H and O–H groups in total. The van der Waals surface area contributed by atoms with Crippen LogP contribution in [0.2, 0.25) is 5.28 Å². The monoisotopic (exact) mass is 211 g/mol. The van der Waals surface area contributed by atoms with Crippen LogP contribution in [0.3, 0.4) is 0 Å². The SMILES string of the molecule is Clc1ncncn1.Nc1ncncn1. The fourth-order valence-electron chi connectivity index (χ4n) is 0.473. The van der Waals surface area contributed by atoms with Crippen LogP contribution in [0.25, 0.3) is 0 Å². The van der Waals surface area contributed by atoms with Crippen LogP contribution < -0.4 is 5.73 Å². The molecule has 7 nitrogen and oxygen atoms in total. The lowest BCUT2D eigenvalue weighted by molar-refractivity contribution is 1.05. The zero-order chi connectivity index (χ0) is 10.2. The van der Waals surface area contributed by atoms with Crippen molar-refractivity contribution in [2.24, 2.45) is 0 Å². The van der Waals surface area contributed by atoms with Crippen molar-refractivity contribution in [3.05, 3.63) is 30.6 Å². The Bertz CT molecular complexity index is 316. The number of nitrogen functional groups attached to an aromatic ring is 1. The Balaban J connectivity index is 0.000000140. The van der Waals surface area contributed by atoms with Crippen LogP contribution in [0.1, 0.15) is 0 Å². The molecule has 0 fully saturated rings. The van der Waals surface area contributed by atoms with Crippen LogP contribution in [-0.4, -0.2) is 29.9 Å². The summed E-state index contributed by atoms with van der Waals surface area (Å²) in [5.74, 6) is 0.259. The van der Waals surface area contributed by atoms with Gasteiger partial charge in [0.05, 0.1) is 0 Å². The van der Waals surface area contributed by atoms with Gasteiger partial charge in [-0.15, -0.1) is 0 Å². The molecule has 0 unspecified atom stereocenters. The number of rotatable bonds is 0. The molecule has 0 spiro atoms. The summed E-state index contributed by atoms with van der Waals surface area (Å²) in [5.41, 5.74) is 5.10. The number of hydrogen-bond donors (Lipinski definition) is 1. The second-order valence-electron chi connectivity index (χ2n) is 1.90. The van der Waals surface area contributed by atoms with Crippen LogP contribution in [-0.2, 0) is 0 Å². The number of hydrogen-bond acceptors (Lipinski definition) is 7. The van der Waals surface area contributed by atoms with Gasteiger partial charge >= 0.3 is 0 Å². The van der Waals surface area contributed by atoms with Crippen molar-refractivity contribution in [2.75, 3.05) is 5.73 Å². The summed E-state index contributed by atoms with van der Waals surface area (Å²) in [5, 5.41) is 0.231. The molecule has 8 heteroatoms. The molecule has 0 aliphatic carbocycles. The molecule has 0 aliphatic heterocycles. The van der Waals surface area contributed by atoms with Crippen LogP contribution in [0.4, 0.5) is 5.95 Å². The summed E-state index contributed by atoms with van der Waals surface area (Å²) < 4.78 is 0. The molecule has 0 radical (unpaired) electrons. The first-order valence-electron chi connectivity index (χ1n) is 3.44. The Morgan fingerprint density at radius 1 is 0.857 bits per heavy atom. The van der Waals surface area contributed by atoms with E-state index in [1.165, 1.54) is 25.3 Å². The summed E-state index contributed by atoms with van der Waals surface area (Å²) in [6, 6.07) is 0. The van der Waals surface area contributed by atoms with E-state index in [0.717, 1.165) is 0 Å². The second kappa shape index (κ2) is 5.70. The highest BCUT2D eigenvalue weighted by molar-refractivity contribution is 6.28. The van der Waals surface area contributed by atoms with E-state index in [0.29, 0.717) is 0 Å². The Morgan fingerprint density at radius 3 is 1.50 bits per heavy atom. The smallest absolute Gasteiger partial charge is 0.225 e. The fourth-order valence-corrected chi connectivity index (χ4v) is 0.561. The summed E-state index contributed by atoms with van der Waals surface area (Å²) >= 11 is 5.28. The van der Waals surface area contributed by atoms with Gasteiger partial charge in [-0.05, 0) is 11.6 Å². The number of halogens is 1. The minimum absolute atomic E-state index is 0.231. The number of nitrogens with zero attached hydrogens (tertiary/aromatic N) is 6. The first-order valence-corrected chi connectivity index (χ1v) is 3.82. The van der Waals surface area contributed by atoms with Gasteiger partial charge in [-0.1, -0.05) is 0 Å². The van der Waals surface area contributed by atoms with Crippen molar-refractivity contribution < 1.29 is 0 Å². The van der Waals surface area contributed by atoms with E-state index in [4.69, 9.17) is 17.3 Å². The van der Waals surface area contributed by atoms with Crippen molar-refractivity contribution in [1.29, 1.82) is 0 Å². The number of anilines is 1. The van der Waals surface area contributed by atoms with E-state index in [1.54, 1.807) is 0 Å². The standard InChI is InChI=1S/C3H2ClN3.C3H4N4/c2*4-3-6-1-5-2-7-3/h1-2H;1-2H,(H2,4,5,6,7). The van der Waals surface area contributed by atoms with Gasteiger partial charge in [-0.3, -0.25) is 0 Å². The highest BCUT2D eigenvalue weighted by Crippen LogP contribution is 1.90. The van der Waals surface area contributed by atoms with E-state index < -0.39 is 0 Å². The van der Waals surface area contributed by atoms with Gasteiger partial charge in [0.15, 0.2) is 0 Å². The predicted octanol–water partition coefficient (Wildman–Crippen LogP) is -0.0212. The minimum atomic E-state index is 0.231. The van der Waals surface area contributed by atoms with Gasteiger partial charge in [-0.25, -0.2) is 29.9 Å². The van der Waals surface area contributed by atoms with Crippen LogP contribution in [0.15, 0.2) is 25.3 Å². The topological polar surface area (TPSA) is 103 Å². The normalized spacial score (nSPS) is 8.64. The summed E-state index contributed by atoms with van der Waals surface area (Å²) in [6.07, 6.45) is 5.38. The quantitative estimate of drug-likeness (QED) is 0.653. The molecule has 0 amide bonds. The maximum Gasteiger partial charge on any atom is 0.225 e. The third-order valence-electron chi connectivity index (χ3n) is 0.975. The maximum atomic E-state index is 5.28. The minimum Gasteiger partial charge on any atom is -0.368 e. The van der Waals surface area contributed by atoms with Gasteiger partial charge in [0.25, 0.3) is 0 Å². The molecular formula is C6H6ClN7. The number of nitrogens with two attached hydrogens (primary N) is 1. The molecule has 2 aromatic heterocycles. The average molecular weight is 212 g/mol. The van der Waals surface area contributed by atoms with Gasteiger partial charge < -0.3 is 5.73 Å². The average Bonchev–Trinajstić information content (AvgIpc) is 2.21. The third-order valence-corrected chi connectivity index (χ3v) is 1.17. The Kier molecular flexibility index (Phi) is 4.15. The van der Waals surface area contributed by atoms with Crippen LogP contribution in [0, 0.1) is 0 Å². The van der Waals surface area contributed by atoms with E-state index in [2.05, 4.69) is 29.9 Å². The molecule has 14 heavy (non-hydrogen) atoms. The van der Waals surface area contributed by atoms with Gasteiger partial charge in [0.2, 0.25) is 11.2 Å². The van der Waals surface area contributed by atoms with Crippen molar-refractivity contribution in [3.8, 4) is 0 Å². The lowest BCUT2D eigenvalue weighted by Crippen LogP contribution is -1.92. The summed E-state index contributed by atoms with van der Waals surface area (Å²) in [6.45, 7) is 0. The highest BCUT2D eigenvalue weighted by atomic mass is 35.5. The number of aromatic nitrogens is 6. The van der Waals surface area contributed by atoms with Crippen molar-refractivity contribution >= 4 is 17.5 Å². The van der Waals surface area contributed by atoms with E-state index >= 15 is 0 Å². The molecule has 2 rings (SSSR count). The highest BCUT2D eigenvalue weighted by Gasteiger charge is 1.79. The third kappa shape index (κ3) is 4.21. The molecule has 0 saturated heterocycles. The first kappa shape index (κ1) is 10.2. The molecule has 0 bridgehead atoms. The zero-order valence-corrected chi connectivity index (χ0v) is 7.70. The lowest BCUT2D eigenvalue weighted by Gasteiger charge is -1.81. The lowest BCUT2D eigenvalue weighted by atomic mass is 11.0.